The molecule has 43 heavy (non-hydrogen) atoms. The summed E-state index contributed by atoms with van der Waals surface area (Å²) >= 11 is 0. The van der Waals surface area contributed by atoms with Gasteiger partial charge in [0.15, 0.2) is 0 Å². The van der Waals surface area contributed by atoms with Gasteiger partial charge in [-0.25, -0.2) is 8.42 Å². The van der Waals surface area contributed by atoms with Crippen molar-refractivity contribution < 1.29 is 8.42 Å². The van der Waals surface area contributed by atoms with Gasteiger partial charge in [0.1, 0.15) is 0 Å². The number of benzene rings is 3. The molecule has 0 fully saturated rings. The van der Waals surface area contributed by atoms with Crippen LogP contribution in [0, 0.1) is 11.3 Å². The summed E-state index contributed by atoms with van der Waals surface area (Å²) in [5.74, 6) is 0. The molecule has 0 aliphatic rings. The van der Waals surface area contributed by atoms with Crippen molar-refractivity contribution in [2.75, 3.05) is 0 Å². The molecule has 3 aromatic carbocycles. The lowest BCUT2D eigenvalue weighted by Crippen LogP contribution is -2.03. The first-order valence-corrected chi connectivity index (χ1v) is 15.1. The Labute approximate surface area is 244 Å². The van der Waals surface area contributed by atoms with E-state index in [1.807, 2.05) is 61.2 Å². The van der Waals surface area contributed by atoms with Crippen molar-refractivity contribution in [1.82, 2.24) is 23.9 Å². The number of sulfone groups is 1. The second-order valence-corrected chi connectivity index (χ2v) is 12.5. The van der Waals surface area contributed by atoms with Crippen LogP contribution in [0.5, 0.6) is 0 Å². The van der Waals surface area contributed by atoms with Gasteiger partial charge in [0.05, 0.1) is 73.1 Å². The Balaban J connectivity index is 1.36. The topological polar surface area (TPSA) is 106 Å². The summed E-state index contributed by atoms with van der Waals surface area (Å²) in [4.78, 5) is 14.4. The van der Waals surface area contributed by atoms with Crippen molar-refractivity contribution in [2.24, 2.45) is 0 Å². The number of aromatic nitrogens is 5. The van der Waals surface area contributed by atoms with Crippen LogP contribution in [0.2, 0.25) is 0 Å². The summed E-state index contributed by atoms with van der Waals surface area (Å²) in [6.45, 7) is 0. The maximum atomic E-state index is 13.4. The second-order valence-electron chi connectivity index (χ2n) is 10.5. The zero-order valence-corrected chi connectivity index (χ0v) is 23.1. The number of hydrogen-bond donors (Lipinski definition) is 0. The van der Waals surface area contributed by atoms with Gasteiger partial charge >= 0.3 is 0 Å². The molecule has 0 aliphatic carbocycles. The van der Waals surface area contributed by atoms with Crippen LogP contribution < -0.4 is 0 Å². The summed E-state index contributed by atoms with van der Waals surface area (Å²) < 4.78 is 31.1. The average Bonchev–Trinajstić information content (AvgIpc) is 3.53. The van der Waals surface area contributed by atoms with E-state index in [4.69, 9.17) is 10.2 Å². The smallest absolute Gasteiger partial charge is 0.206 e. The minimum absolute atomic E-state index is 0.139. The monoisotopic (exact) mass is 574 g/mol. The first-order valence-electron chi connectivity index (χ1n) is 13.6. The maximum Gasteiger partial charge on any atom is 0.206 e. The molecule has 6 aromatic heterocycles. The Kier molecular flexibility index (Phi) is 4.62. The molecule has 9 rings (SSSR count). The molecule has 0 aliphatic heterocycles. The van der Waals surface area contributed by atoms with Gasteiger partial charge < -0.3 is 8.97 Å². The van der Waals surface area contributed by atoms with Gasteiger partial charge in [0, 0.05) is 45.0 Å². The summed E-state index contributed by atoms with van der Waals surface area (Å²) in [7, 11) is -3.77. The highest BCUT2D eigenvalue weighted by atomic mass is 32.2. The molecule has 9 aromatic rings. The average molecular weight is 575 g/mol. The van der Waals surface area contributed by atoms with Crippen LogP contribution in [-0.2, 0) is 9.84 Å². The number of rotatable bonds is 3. The van der Waals surface area contributed by atoms with E-state index < -0.39 is 9.84 Å². The molecular weight excluding hydrogens is 556 g/mol. The standard InChI is InChI=1S/C34H18N6O2S/c35-15-20-5-9-22(10-6-20)43(41,42)23-11-7-21(8-12-23)39-29-18-37-16-26-24-3-1-2-4-27(24)40-28-17-36-14-13-25(28)33-34(40)32(31(26)29)30(39)19-38-33/h1-14,16-19H. The Morgan fingerprint density at radius 3 is 2.16 bits per heavy atom. The maximum absolute atomic E-state index is 13.4. The molecule has 8 nitrogen and oxygen atoms in total. The van der Waals surface area contributed by atoms with Crippen LogP contribution in [0.1, 0.15) is 5.56 Å². The summed E-state index contributed by atoms with van der Waals surface area (Å²) in [6.07, 6.45) is 9.34. The minimum Gasteiger partial charge on any atom is -0.306 e. The summed E-state index contributed by atoms with van der Waals surface area (Å²) in [6, 6.07) is 25.1. The summed E-state index contributed by atoms with van der Waals surface area (Å²) in [5, 5.41) is 14.3. The number of nitrogens with zero attached hydrogens (tertiary/aromatic N) is 6. The lowest BCUT2D eigenvalue weighted by Gasteiger charge is -2.10. The third-order valence-corrected chi connectivity index (χ3v) is 10.1. The molecule has 6 heterocycles. The van der Waals surface area contributed by atoms with Crippen LogP contribution in [0.4, 0.5) is 0 Å². The molecule has 0 saturated carbocycles. The van der Waals surface area contributed by atoms with Gasteiger partial charge in [0.2, 0.25) is 9.84 Å². The quantitative estimate of drug-likeness (QED) is 0.229. The fourth-order valence-corrected chi connectivity index (χ4v) is 7.73. The molecule has 202 valence electrons. The number of para-hydroxylation sites is 1. The molecule has 0 bridgehead atoms. The van der Waals surface area contributed by atoms with Crippen molar-refractivity contribution in [2.45, 2.75) is 9.79 Å². The van der Waals surface area contributed by atoms with Gasteiger partial charge in [-0.2, -0.15) is 5.26 Å². The number of pyridine rings is 3. The van der Waals surface area contributed by atoms with Crippen LogP contribution in [-0.4, -0.2) is 32.3 Å². The molecule has 0 N–H and O–H groups in total. The lowest BCUT2D eigenvalue weighted by molar-refractivity contribution is 0.596. The van der Waals surface area contributed by atoms with E-state index in [9.17, 15) is 8.42 Å². The van der Waals surface area contributed by atoms with E-state index in [1.165, 1.54) is 24.3 Å². The van der Waals surface area contributed by atoms with Crippen LogP contribution in [0.3, 0.4) is 0 Å². The second kappa shape index (κ2) is 8.35. The highest BCUT2D eigenvalue weighted by molar-refractivity contribution is 7.91. The predicted octanol–water partition coefficient (Wildman–Crippen LogP) is 6.82. The third kappa shape index (κ3) is 3.07. The number of nitriles is 1. The van der Waals surface area contributed by atoms with Gasteiger partial charge in [-0.3, -0.25) is 15.0 Å². The minimum atomic E-state index is -3.77. The molecular formula is C34H18N6O2S. The molecule has 0 atom stereocenters. The summed E-state index contributed by atoms with van der Waals surface area (Å²) in [5.41, 5.74) is 6.90. The largest absolute Gasteiger partial charge is 0.306 e. The van der Waals surface area contributed by atoms with E-state index in [-0.39, 0.29) is 9.79 Å². The zero-order valence-electron chi connectivity index (χ0n) is 22.3. The Hall–Kier alpha value is -5.85. The fraction of sp³-hybridized carbons (Fsp3) is 0. The van der Waals surface area contributed by atoms with Crippen LogP contribution in [0.25, 0.3) is 65.7 Å². The Morgan fingerprint density at radius 1 is 0.651 bits per heavy atom. The van der Waals surface area contributed by atoms with Crippen LogP contribution in [0.15, 0.2) is 120 Å². The van der Waals surface area contributed by atoms with E-state index >= 15 is 0 Å². The Bertz CT molecular complexity index is 2740. The highest BCUT2D eigenvalue weighted by Gasteiger charge is 2.24. The molecule has 0 amide bonds. The highest BCUT2D eigenvalue weighted by Crippen LogP contribution is 2.43. The van der Waals surface area contributed by atoms with Crippen molar-refractivity contribution in [1.29, 1.82) is 5.26 Å². The first-order chi connectivity index (χ1) is 21.1. The molecule has 0 spiro atoms. The van der Waals surface area contributed by atoms with Crippen molar-refractivity contribution in [3.63, 3.8) is 0 Å². The zero-order chi connectivity index (χ0) is 28.9. The van der Waals surface area contributed by atoms with E-state index in [0.717, 1.165) is 65.7 Å². The van der Waals surface area contributed by atoms with Gasteiger partial charge in [-0.05, 0) is 60.7 Å². The lowest BCUT2D eigenvalue weighted by atomic mass is 10.1. The van der Waals surface area contributed by atoms with Crippen molar-refractivity contribution >= 4 is 69.9 Å². The van der Waals surface area contributed by atoms with E-state index in [0.29, 0.717) is 5.56 Å². The molecule has 0 radical (unpaired) electrons. The SMILES string of the molecule is N#Cc1ccc(S(=O)(=O)c2ccc(-n3c4cncc5c6ccccc6n6c7cnccc7c7ncc3c(c54)c76)cc2)cc1. The van der Waals surface area contributed by atoms with Crippen LogP contribution >= 0.6 is 0 Å². The number of hydrogen-bond acceptors (Lipinski definition) is 6. The van der Waals surface area contributed by atoms with Crippen molar-refractivity contribution in [3.05, 3.63) is 115 Å². The van der Waals surface area contributed by atoms with E-state index in [1.54, 1.807) is 18.3 Å². The molecule has 0 saturated heterocycles. The van der Waals surface area contributed by atoms with Gasteiger partial charge in [-0.15, -0.1) is 0 Å². The fourth-order valence-electron chi connectivity index (χ4n) is 6.47. The predicted molar refractivity (Wildman–Crippen MR) is 165 cm³/mol. The third-order valence-electron chi connectivity index (χ3n) is 8.34. The molecule has 0 unspecified atom stereocenters. The Morgan fingerprint density at radius 2 is 1.37 bits per heavy atom. The van der Waals surface area contributed by atoms with E-state index in [2.05, 4.69) is 31.1 Å². The molecule has 9 heteroatoms. The normalized spacial score (nSPS) is 12.3. The van der Waals surface area contributed by atoms with Crippen molar-refractivity contribution in [3.8, 4) is 11.8 Å². The number of fused-ring (bicyclic) bond motifs is 6. The van der Waals surface area contributed by atoms with Gasteiger partial charge in [0.25, 0.3) is 0 Å². The first kappa shape index (κ1) is 23.8. The van der Waals surface area contributed by atoms with Gasteiger partial charge in [-0.1, -0.05) is 18.2 Å².